The molecule has 0 spiro atoms. The lowest BCUT2D eigenvalue weighted by atomic mass is 10.1. The number of nitrogens with one attached hydrogen (secondary N) is 1. The first kappa shape index (κ1) is 11.5. The maximum absolute atomic E-state index is 8.64. The van der Waals surface area contributed by atoms with Gasteiger partial charge in [0.25, 0.3) is 0 Å². The quantitative estimate of drug-likeness (QED) is 0.742. The zero-order chi connectivity index (χ0) is 11.1. The molecule has 1 atom stereocenters. The van der Waals surface area contributed by atoms with Crippen molar-refractivity contribution in [3.8, 4) is 6.07 Å². The monoisotopic (exact) mass is 200 g/mol. The predicted octanol–water partition coefficient (Wildman–Crippen LogP) is 2.61. The van der Waals surface area contributed by atoms with Crippen molar-refractivity contribution in [3.63, 3.8) is 0 Å². The van der Waals surface area contributed by atoms with Gasteiger partial charge in [0.2, 0.25) is 0 Å². The highest BCUT2D eigenvalue weighted by molar-refractivity contribution is 5.31. The molecular weight excluding hydrogens is 184 g/mol. The smallest absolute Gasteiger partial charge is 0.0991 e. The molecule has 0 bridgehead atoms. The fraction of sp³-hybridized carbons (Fsp3) is 0.308. The summed E-state index contributed by atoms with van der Waals surface area (Å²) in [7, 11) is 0. The Labute approximate surface area is 91.2 Å². The fourth-order valence-electron chi connectivity index (χ4n) is 1.32. The molecule has 0 aliphatic rings. The number of nitrogens with zero attached hydrogens (tertiary/aromatic N) is 1. The summed E-state index contributed by atoms with van der Waals surface area (Å²) in [5.41, 5.74) is 1.91. The molecule has 0 radical (unpaired) electrons. The summed E-state index contributed by atoms with van der Waals surface area (Å²) >= 11 is 0. The van der Waals surface area contributed by atoms with Gasteiger partial charge in [-0.1, -0.05) is 18.2 Å². The van der Waals surface area contributed by atoms with E-state index in [1.54, 1.807) is 0 Å². The van der Waals surface area contributed by atoms with Gasteiger partial charge in [-0.2, -0.15) is 5.26 Å². The molecule has 0 saturated heterocycles. The molecule has 0 amide bonds. The van der Waals surface area contributed by atoms with Gasteiger partial charge in [-0.05, 0) is 31.0 Å². The van der Waals surface area contributed by atoms with Crippen molar-refractivity contribution < 1.29 is 0 Å². The van der Waals surface area contributed by atoms with E-state index in [1.165, 1.54) is 5.56 Å². The summed E-state index contributed by atoms with van der Waals surface area (Å²) in [5.74, 6) is 0. The Bertz CT molecular complexity index is 346. The maximum Gasteiger partial charge on any atom is 0.0991 e. The number of benzene rings is 1. The molecule has 1 rings (SSSR count). The molecule has 2 heteroatoms. The molecule has 0 heterocycles. The lowest BCUT2D eigenvalue weighted by molar-refractivity contribution is 0.554. The summed E-state index contributed by atoms with van der Waals surface area (Å²) in [4.78, 5) is 0. The minimum atomic E-state index is 0.443. The average molecular weight is 200 g/mol. The van der Waals surface area contributed by atoms with E-state index in [2.05, 4.69) is 24.9 Å². The van der Waals surface area contributed by atoms with Gasteiger partial charge < -0.3 is 5.32 Å². The maximum atomic E-state index is 8.64. The van der Waals surface area contributed by atoms with Crippen LogP contribution in [0, 0.1) is 11.3 Å². The van der Waals surface area contributed by atoms with Crippen LogP contribution < -0.4 is 5.32 Å². The Kier molecular flexibility index (Phi) is 4.59. The van der Waals surface area contributed by atoms with Gasteiger partial charge in [-0.3, -0.25) is 0 Å². The van der Waals surface area contributed by atoms with E-state index in [9.17, 15) is 0 Å². The minimum Gasteiger partial charge on any atom is -0.310 e. The van der Waals surface area contributed by atoms with Crippen molar-refractivity contribution >= 4 is 0 Å². The molecule has 1 N–H and O–H groups in total. The van der Waals surface area contributed by atoms with Crippen LogP contribution in [0.25, 0.3) is 0 Å². The number of nitriles is 1. The summed E-state index contributed by atoms with van der Waals surface area (Å²) in [5, 5.41) is 12.0. The van der Waals surface area contributed by atoms with Crippen molar-refractivity contribution in [2.45, 2.75) is 25.9 Å². The average Bonchev–Trinajstić information content (AvgIpc) is 2.27. The Morgan fingerprint density at radius 2 is 2.13 bits per heavy atom. The topological polar surface area (TPSA) is 35.8 Å². The molecule has 15 heavy (non-hydrogen) atoms. The zero-order valence-corrected chi connectivity index (χ0v) is 9.03. The van der Waals surface area contributed by atoms with Crippen molar-refractivity contribution in [1.29, 1.82) is 5.26 Å². The second kappa shape index (κ2) is 6.00. The minimum absolute atomic E-state index is 0.443. The largest absolute Gasteiger partial charge is 0.310 e. The van der Waals surface area contributed by atoms with Gasteiger partial charge in [0.05, 0.1) is 11.6 Å². The van der Waals surface area contributed by atoms with Crippen molar-refractivity contribution in [2.24, 2.45) is 0 Å². The van der Waals surface area contributed by atoms with Crippen LogP contribution in [-0.2, 0) is 6.54 Å². The molecule has 0 aromatic heterocycles. The molecule has 1 aromatic carbocycles. The number of hydrogen-bond acceptors (Lipinski definition) is 2. The third-order valence-electron chi connectivity index (χ3n) is 2.26. The standard InChI is InChI=1S/C13H16N2/c1-3-4-11(2)15-10-13-7-5-12(9-14)6-8-13/h3,5-8,11,15H,1,4,10H2,2H3. The van der Waals surface area contributed by atoms with E-state index in [0.717, 1.165) is 13.0 Å². The molecular formula is C13H16N2. The van der Waals surface area contributed by atoms with E-state index in [-0.39, 0.29) is 0 Å². The first-order valence-electron chi connectivity index (χ1n) is 5.09. The Morgan fingerprint density at radius 1 is 1.47 bits per heavy atom. The normalized spacial score (nSPS) is 11.7. The van der Waals surface area contributed by atoms with E-state index in [4.69, 9.17) is 5.26 Å². The Hall–Kier alpha value is -1.59. The second-order valence-electron chi connectivity index (χ2n) is 3.62. The van der Waals surface area contributed by atoms with Crippen LogP contribution in [0.5, 0.6) is 0 Å². The van der Waals surface area contributed by atoms with Gasteiger partial charge in [0, 0.05) is 12.6 Å². The van der Waals surface area contributed by atoms with Crippen molar-refractivity contribution in [3.05, 3.63) is 48.0 Å². The van der Waals surface area contributed by atoms with E-state index in [0.29, 0.717) is 11.6 Å². The lowest BCUT2D eigenvalue weighted by Gasteiger charge is -2.11. The molecule has 0 aliphatic heterocycles. The molecule has 0 fully saturated rings. The van der Waals surface area contributed by atoms with Crippen LogP contribution in [0.2, 0.25) is 0 Å². The van der Waals surface area contributed by atoms with Crippen LogP contribution in [0.1, 0.15) is 24.5 Å². The zero-order valence-electron chi connectivity index (χ0n) is 9.03. The Balaban J connectivity index is 2.44. The van der Waals surface area contributed by atoms with Crippen molar-refractivity contribution in [1.82, 2.24) is 5.32 Å². The molecule has 78 valence electrons. The second-order valence-corrected chi connectivity index (χ2v) is 3.62. The van der Waals surface area contributed by atoms with Gasteiger partial charge in [-0.15, -0.1) is 6.58 Å². The highest BCUT2D eigenvalue weighted by Gasteiger charge is 1.98. The first-order chi connectivity index (χ1) is 7.26. The Morgan fingerprint density at radius 3 is 2.67 bits per heavy atom. The van der Waals surface area contributed by atoms with E-state index in [1.807, 2.05) is 30.3 Å². The van der Waals surface area contributed by atoms with Crippen LogP contribution in [0.3, 0.4) is 0 Å². The van der Waals surface area contributed by atoms with Gasteiger partial charge in [0.15, 0.2) is 0 Å². The summed E-state index contributed by atoms with van der Waals surface area (Å²) in [6, 6.07) is 10.2. The summed E-state index contributed by atoms with van der Waals surface area (Å²) in [6.07, 6.45) is 2.88. The lowest BCUT2D eigenvalue weighted by Crippen LogP contribution is -2.24. The molecule has 1 aromatic rings. The molecule has 0 saturated carbocycles. The molecule has 1 unspecified atom stereocenters. The first-order valence-corrected chi connectivity index (χ1v) is 5.09. The van der Waals surface area contributed by atoms with E-state index < -0.39 is 0 Å². The third-order valence-corrected chi connectivity index (χ3v) is 2.26. The highest BCUT2D eigenvalue weighted by Crippen LogP contribution is 2.03. The van der Waals surface area contributed by atoms with E-state index >= 15 is 0 Å². The van der Waals surface area contributed by atoms with Gasteiger partial charge >= 0.3 is 0 Å². The van der Waals surface area contributed by atoms with Gasteiger partial charge in [0.1, 0.15) is 0 Å². The molecule has 0 aliphatic carbocycles. The number of rotatable bonds is 5. The number of hydrogen-bond donors (Lipinski definition) is 1. The third kappa shape index (κ3) is 3.97. The molecule has 2 nitrogen and oxygen atoms in total. The predicted molar refractivity (Wildman–Crippen MR) is 62.3 cm³/mol. The van der Waals surface area contributed by atoms with Crippen LogP contribution in [0.4, 0.5) is 0 Å². The SMILES string of the molecule is C=CCC(C)NCc1ccc(C#N)cc1. The van der Waals surface area contributed by atoms with Crippen LogP contribution >= 0.6 is 0 Å². The summed E-state index contributed by atoms with van der Waals surface area (Å²) in [6.45, 7) is 6.67. The van der Waals surface area contributed by atoms with Crippen LogP contribution in [0.15, 0.2) is 36.9 Å². The fourth-order valence-corrected chi connectivity index (χ4v) is 1.32. The van der Waals surface area contributed by atoms with Crippen LogP contribution in [-0.4, -0.2) is 6.04 Å². The summed E-state index contributed by atoms with van der Waals surface area (Å²) < 4.78 is 0. The van der Waals surface area contributed by atoms with Gasteiger partial charge in [-0.25, -0.2) is 0 Å². The highest BCUT2D eigenvalue weighted by atomic mass is 14.9. The van der Waals surface area contributed by atoms with Crippen molar-refractivity contribution in [2.75, 3.05) is 0 Å².